The molecule has 0 saturated heterocycles. The molecule has 0 heterocycles. The summed E-state index contributed by atoms with van der Waals surface area (Å²) in [5.41, 5.74) is 0.102. The maximum atomic E-state index is 12.1. The average molecular weight is 344 g/mol. The van der Waals surface area contributed by atoms with E-state index >= 15 is 0 Å². The van der Waals surface area contributed by atoms with Crippen LogP contribution in [0.3, 0.4) is 0 Å². The topological polar surface area (TPSA) is 66.8 Å². The van der Waals surface area contributed by atoms with Gasteiger partial charge in [0.15, 0.2) is 6.10 Å². The van der Waals surface area contributed by atoms with E-state index in [0.717, 1.165) is 0 Å². The van der Waals surface area contributed by atoms with Crippen LogP contribution in [-0.2, 0) is 4.79 Å². The maximum absolute atomic E-state index is 12.1. The van der Waals surface area contributed by atoms with E-state index in [9.17, 15) is 9.59 Å². The molecule has 0 radical (unpaired) electrons. The lowest BCUT2D eigenvalue weighted by atomic mass is 10.2. The molecule has 0 aliphatic rings. The highest BCUT2D eigenvalue weighted by molar-refractivity contribution is 9.10. The van der Waals surface area contributed by atoms with Crippen LogP contribution in [0.2, 0.25) is 0 Å². The lowest BCUT2D eigenvalue weighted by Gasteiger charge is -2.23. The molecule has 0 fully saturated rings. The second-order valence-corrected chi connectivity index (χ2v) is 5.07. The first-order chi connectivity index (χ1) is 9.40. The maximum Gasteiger partial charge on any atom is 0.336 e. The van der Waals surface area contributed by atoms with Crippen LogP contribution in [-0.4, -0.2) is 41.1 Å². The van der Waals surface area contributed by atoms with Crippen molar-refractivity contribution >= 4 is 27.8 Å². The van der Waals surface area contributed by atoms with Crippen LogP contribution in [0.25, 0.3) is 0 Å². The molecule has 1 N–H and O–H groups in total. The second kappa shape index (κ2) is 7.28. The van der Waals surface area contributed by atoms with Gasteiger partial charge in [-0.1, -0.05) is 0 Å². The van der Waals surface area contributed by atoms with E-state index in [0.29, 0.717) is 23.3 Å². The number of benzene rings is 1. The summed E-state index contributed by atoms with van der Waals surface area (Å²) in [7, 11) is 0. The molecule has 0 aliphatic carbocycles. The van der Waals surface area contributed by atoms with Crippen molar-refractivity contribution < 1.29 is 19.4 Å². The van der Waals surface area contributed by atoms with Gasteiger partial charge >= 0.3 is 5.97 Å². The minimum Gasteiger partial charge on any atom is -0.481 e. The molecule has 20 heavy (non-hydrogen) atoms. The van der Waals surface area contributed by atoms with Crippen molar-refractivity contribution in [2.75, 3.05) is 13.1 Å². The number of hydrogen-bond acceptors (Lipinski definition) is 3. The summed E-state index contributed by atoms with van der Waals surface area (Å²) in [6.45, 7) is 6.68. The number of ether oxygens (including phenoxy) is 1. The van der Waals surface area contributed by atoms with Crippen molar-refractivity contribution in [1.29, 1.82) is 0 Å². The third-order valence-corrected chi connectivity index (χ3v) is 3.60. The first-order valence-corrected chi connectivity index (χ1v) is 7.18. The SMILES string of the molecule is CCN(CC)C(=O)C(C)Oc1ccc(Br)c(C(=O)O)c1. The molecule has 110 valence electrons. The van der Waals surface area contributed by atoms with E-state index in [-0.39, 0.29) is 11.5 Å². The molecule has 5 nitrogen and oxygen atoms in total. The zero-order valence-corrected chi connectivity index (χ0v) is 13.3. The van der Waals surface area contributed by atoms with Crippen molar-refractivity contribution in [1.82, 2.24) is 4.90 Å². The van der Waals surface area contributed by atoms with E-state index in [1.165, 1.54) is 6.07 Å². The lowest BCUT2D eigenvalue weighted by molar-refractivity contribution is -0.137. The minimum atomic E-state index is -1.05. The van der Waals surface area contributed by atoms with E-state index in [2.05, 4.69) is 15.9 Å². The highest BCUT2D eigenvalue weighted by Gasteiger charge is 2.20. The molecule has 0 aliphatic heterocycles. The Morgan fingerprint density at radius 3 is 2.45 bits per heavy atom. The molecule has 1 unspecified atom stereocenters. The summed E-state index contributed by atoms with van der Waals surface area (Å²) >= 11 is 3.16. The zero-order valence-electron chi connectivity index (χ0n) is 11.7. The molecular formula is C14H18BrNO4. The fourth-order valence-corrected chi connectivity index (χ4v) is 2.20. The van der Waals surface area contributed by atoms with E-state index < -0.39 is 12.1 Å². The predicted octanol–water partition coefficient (Wildman–Crippen LogP) is 2.78. The minimum absolute atomic E-state index is 0.102. The molecule has 1 aromatic rings. The normalized spacial score (nSPS) is 11.8. The molecule has 1 amide bonds. The zero-order chi connectivity index (χ0) is 15.3. The summed E-state index contributed by atoms with van der Waals surface area (Å²) in [5, 5.41) is 9.04. The largest absolute Gasteiger partial charge is 0.481 e. The van der Waals surface area contributed by atoms with Gasteiger partial charge in [-0.2, -0.15) is 0 Å². The quantitative estimate of drug-likeness (QED) is 0.862. The summed E-state index contributed by atoms with van der Waals surface area (Å²) in [6, 6.07) is 4.62. The smallest absolute Gasteiger partial charge is 0.336 e. The number of carbonyl (C=O) groups excluding carboxylic acids is 1. The number of aromatic carboxylic acids is 1. The van der Waals surface area contributed by atoms with Gasteiger partial charge in [0.2, 0.25) is 0 Å². The number of likely N-dealkylation sites (N-methyl/N-ethyl adjacent to an activating group) is 1. The van der Waals surface area contributed by atoms with Gasteiger partial charge in [-0.15, -0.1) is 0 Å². The third-order valence-electron chi connectivity index (χ3n) is 2.90. The van der Waals surface area contributed by atoms with Gasteiger partial charge < -0.3 is 14.7 Å². The number of hydrogen-bond donors (Lipinski definition) is 1. The number of nitrogens with zero attached hydrogens (tertiary/aromatic N) is 1. The Morgan fingerprint density at radius 1 is 1.35 bits per heavy atom. The first kappa shape index (κ1) is 16.5. The van der Waals surface area contributed by atoms with Crippen LogP contribution in [0.1, 0.15) is 31.1 Å². The molecule has 0 bridgehead atoms. The Labute approximate surface area is 126 Å². The molecule has 6 heteroatoms. The van der Waals surface area contributed by atoms with Crippen LogP contribution in [0.5, 0.6) is 5.75 Å². The highest BCUT2D eigenvalue weighted by atomic mass is 79.9. The molecule has 0 aromatic heterocycles. The first-order valence-electron chi connectivity index (χ1n) is 6.38. The number of carboxylic acids is 1. The van der Waals surface area contributed by atoms with Gasteiger partial charge in [0.05, 0.1) is 5.56 Å². The summed E-state index contributed by atoms with van der Waals surface area (Å²) < 4.78 is 6.00. The Bertz CT molecular complexity index is 500. The molecule has 1 atom stereocenters. The predicted molar refractivity (Wildman–Crippen MR) is 79.1 cm³/mol. The Morgan fingerprint density at radius 2 is 1.95 bits per heavy atom. The van der Waals surface area contributed by atoms with Crippen LogP contribution in [0.15, 0.2) is 22.7 Å². The fourth-order valence-electron chi connectivity index (χ4n) is 1.79. The van der Waals surface area contributed by atoms with Gasteiger partial charge in [0, 0.05) is 17.6 Å². The van der Waals surface area contributed by atoms with Crippen molar-refractivity contribution in [3.63, 3.8) is 0 Å². The molecule has 0 spiro atoms. The van der Waals surface area contributed by atoms with Gasteiger partial charge in [-0.25, -0.2) is 4.79 Å². The highest BCUT2D eigenvalue weighted by Crippen LogP contribution is 2.23. The summed E-state index contributed by atoms with van der Waals surface area (Å²) in [6.07, 6.45) is -0.655. The second-order valence-electron chi connectivity index (χ2n) is 4.22. The van der Waals surface area contributed by atoms with E-state index in [1.54, 1.807) is 24.0 Å². The number of carboxylic acid groups (broad SMARTS) is 1. The number of amides is 1. The van der Waals surface area contributed by atoms with Crippen LogP contribution in [0, 0.1) is 0 Å². The van der Waals surface area contributed by atoms with Crippen molar-refractivity contribution in [3.05, 3.63) is 28.2 Å². The molecule has 0 saturated carbocycles. The van der Waals surface area contributed by atoms with Gasteiger partial charge in [0.25, 0.3) is 5.91 Å². The van der Waals surface area contributed by atoms with Crippen LogP contribution in [0.4, 0.5) is 0 Å². The molecular weight excluding hydrogens is 326 g/mol. The Kier molecular flexibility index (Phi) is 6.01. The van der Waals surface area contributed by atoms with E-state index in [1.807, 2.05) is 13.8 Å². The summed E-state index contributed by atoms with van der Waals surface area (Å²) in [5.74, 6) is -0.807. The average Bonchev–Trinajstić information content (AvgIpc) is 2.41. The van der Waals surface area contributed by atoms with Crippen molar-refractivity contribution in [2.45, 2.75) is 26.9 Å². The Hall–Kier alpha value is -1.56. The van der Waals surface area contributed by atoms with Crippen LogP contribution >= 0.6 is 15.9 Å². The van der Waals surface area contributed by atoms with E-state index in [4.69, 9.17) is 9.84 Å². The van der Waals surface area contributed by atoms with Crippen LogP contribution < -0.4 is 4.74 Å². The molecule has 1 rings (SSSR count). The van der Waals surface area contributed by atoms with Gasteiger partial charge in [-0.05, 0) is 54.9 Å². The van der Waals surface area contributed by atoms with Gasteiger partial charge in [-0.3, -0.25) is 4.79 Å². The van der Waals surface area contributed by atoms with Crippen molar-refractivity contribution in [3.8, 4) is 5.75 Å². The third kappa shape index (κ3) is 3.96. The summed E-state index contributed by atoms with van der Waals surface area (Å²) in [4.78, 5) is 24.8. The monoisotopic (exact) mass is 343 g/mol. The molecule has 1 aromatic carbocycles. The lowest BCUT2D eigenvalue weighted by Crippen LogP contribution is -2.40. The van der Waals surface area contributed by atoms with Crippen molar-refractivity contribution in [2.24, 2.45) is 0 Å². The Balaban J connectivity index is 2.85. The standard InChI is InChI=1S/C14H18BrNO4/c1-4-16(5-2)13(17)9(3)20-10-6-7-12(15)11(8-10)14(18)19/h6-9H,4-5H2,1-3H3,(H,18,19). The number of rotatable bonds is 6. The number of carbonyl (C=O) groups is 2. The fraction of sp³-hybridized carbons (Fsp3) is 0.429. The van der Waals surface area contributed by atoms with Gasteiger partial charge in [0.1, 0.15) is 5.75 Å². The number of halogens is 1.